The van der Waals surface area contributed by atoms with E-state index in [9.17, 15) is 13.2 Å². The third-order valence-corrected chi connectivity index (χ3v) is 3.44. The van der Waals surface area contributed by atoms with Gasteiger partial charge in [0.05, 0.1) is 6.26 Å². The van der Waals surface area contributed by atoms with Gasteiger partial charge in [0.1, 0.15) is 0 Å². The molecule has 1 rings (SSSR count). The highest BCUT2D eigenvalue weighted by Gasteiger charge is 2.14. The fourth-order valence-corrected chi connectivity index (χ4v) is 2.37. The van der Waals surface area contributed by atoms with Crippen LogP contribution in [0, 0.1) is 0 Å². The van der Waals surface area contributed by atoms with E-state index >= 15 is 0 Å². The van der Waals surface area contributed by atoms with Crippen LogP contribution in [0.1, 0.15) is 32.1 Å². The van der Waals surface area contributed by atoms with Crippen molar-refractivity contribution in [2.75, 3.05) is 19.3 Å². The Morgan fingerprint density at radius 1 is 1.18 bits per heavy atom. The number of hydrogen-bond donors (Lipinski definition) is 3. The Kier molecular flexibility index (Phi) is 5.70. The molecule has 0 atom stereocenters. The Bertz CT molecular complexity index is 337. The Morgan fingerprint density at radius 2 is 1.82 bits per heavy atom. The molecule has 0 spiro atoms. The largest absolute Gasteiger partial charge is 0.337 e. The van der Waals surface area contributed by atoms with Crippen molar-refractivity contribution < 1.29 is 13.2 Å². The molecular weight excluding hydrogens is 242 g/mol. The van der Waals surface area contributed by atoms with E-state index in [4.69, 9.17) is 0 Å². The molecule has 0 aromatic carbocycles. The zero-order chi connectivity index (χ0) is 12.7. The van der Waals surface area contributed by atoms with Gasteiger partial charge in [-0.05, 0) is 12.8 Å². The van der Waals surface area contributed by atoms with Gasteiger partial charge in [0.15, 0.2) is 0 Å². The van der Waals surface area contributed by atoms with Gasteiger partial charge in [-0.15, -0.1) is 0 Å². The molecule has 0 aliphatic heterocycles. The maximum Gasteiger partial charge on any atom is 0.315 e. The van der Waals surface area contributed by atoms with Crippen LogP contribution in [-0.2, 0) is 10.0 Å². The highest BCUT2D eigenvalue weighted by Crippen LogP contribution is 2.16. The van der Waals surface area contributed by atoms with Crippen molar-refractivity contribution in [2.24, 2.45) is 0 Å². The average molecular weight is 263 g/mol. The number of rotatable bonds is 5. The lowest BCUT2D eigenvalue weighted by Gasteiger charge is -2.22. The number of carbonyl (C=O) groups excluding carboxylic acids is 1. The van der Waals surface area contributed by atoms with Gasteiger partial charge in [-0.3, -0.25) is 0 Å². The summed E-state index contributed by atoms with van der Waals surface area (Å²) in [7, 11) is -3.17. The number of amides is 2. The minimum absolute atomic E-state index is 0.216. The zero-order valence-corrected chi connectivity index (χ0v) is 11.0. The quantitative estimate of drug-likeness (QED) is 0.618. The fourth-order valence-electron chi connectivity index (χ4n) is 1.90. The molecule has 0 saturated heterocycles. The Morgan fingerprint density at radius 3 is 2.41 bits per heavy atom. The maximum atomic E-state index is 11.4. The standard InChI is InChI=1S/C10H21N3O3S/c1-17(15,16)12-8-7-11-10(14)13-9-5-3-2-4-6-9/h9,12H,2-8H2,1H3,(H2,11,13,14). The molecular formula is C10H21N3O3S. The van der Waals surface area contributed by atoms with Crippen LogP contribution >= 0.6 is 0 Å². The summed E-state index contributed by atoms with van der Waals surface area (Å²) in [5.41, 5.74) is 0. The molecule has 100 valence electrons. The van der Waals surface area contributed by atoms with E-state index in [1.165, 1.54) is 19.3 Å². The summed E-state index contributed by atoms with van der Waals surface area (Å²) in [5.74, 6) is 0. The Hall–Kier alpha value is -0.820. The first-order chi connectivity index (χ1) is 7.97. The predicted octanol–water partition coefficient (Wildman–Crippen LogP) is 0.167. The first-order valence-corrected chi connectivity index (χ1v) is 7.85. The van der Waals surface area contributed by atoms with Crippen LogP contribution in [-0.4, -0.2) is 39.8 Å². The zero-order valence-electron chi connectivity index (χ0n) is 10.2. The van der Waals surface area contributed by atoms with Crippen LogP contribution in [0.3, 0.4) is 0 Å². The second-order valence-electron chi connectivity index (χ2n) is 4.40. The molecule has 0 aromatic rings. The topological polar surface area (TPSA) is 87.3 Å². The molecule has 0 bridgehead atoms. The van der Waals surface area contributed by atoms with Crippen LogP contribution in [0.2, 0.25) is 0 Å². The fraction of sp³-hybridized carbons (Fsp3) is 0.900. The van der Waals surface area contributed by atoms with Gasteiger partial charge >= 0.3 is 6.03 Å². The molecule has 7 heteroatoms. The molecule has 2 amide bonds. The molecule has 17 heavy (non-hydrogen) atoms. The van der Waals surface area contributed by atoms with Crippen molar-refractivity contribution in [2.45, 2.75) is 38.1 Å². The number of carbonyl (C=O) groups is 1. The average Bonchev–Trinajstić information content (AvgIpc) is 2.25. The van der Waals surface area contributed by atoms with E-state index in [-0.39, 0.29) is 18.6 Å². The Labute approximate surface area is 103 Å². The summed E-state index contributed by atoms with van der Waals surface area (Å²) < 4.78 is 23.8. The summed E-state index contributed by atoms with van der Waals surface area (Å²) in [6, 6.07) is 0.0545. The lowest BCUT2D eigenvalue weighted by molar-refractivity contribution is 0.233. The number of sulfonamides is 1. The molecule has 1 saturated carbocycles. The monoisotopic (exact) mass is 263 g/mol. The summed E-state index contributed by atoms with van der Waals surface area (Å²) in [6.07, 6.45) is 6.75. The van der Waals surface area contributed by atoms with Crippen molar-refractivity contribution in [3.8, 4) is 0 Å². The third-order valence-electron chi connectivity index (χ3n) is 2.72. The lowest BCUT2D eigenvalue weighted by Crippen LogP contribution is -2.45. The summed E-state index contributed by atoms with van der Waals surface area (Å²) in [5, 5.41) is 5.51. The van der Waals surface area contributed by atoms with E-state index in [1.54, 1.807) is 0 Å². The van der Waals surface area contributed by atoms with Gasteiger partial charge in [-0.2, -0.15) is 0 Å². The maximum absolute atomic E-state index is 11.4. The molecule has 0 aromatic heterocycles. The van der Waals surface area contributed by atoms with Gasteiger partial charge in [-0.25, -0.2) is 17.9 Å². The smallest absolute Gasteiger partial charge is 0.315 e. The van der Waals surface area contributed by atoms with E-state index in [1.807, 2.05) is 0 Å². The van der Waals surface area contributed by atoms with Crippen molar-refractivity contribution in [1.29, 1.82) is 0 Å². The number of urea groups is 1. The molecule has 1 aliphatic rings. The molecule has 1 aliphatic carbocycles. The first kappa shape index (κ1) is 14.2. The normalized spacial score (nSPS) is 17.7. The van der Waals surface area contributed by atoms with Crippen LogP contribution in [0.15, 0.2) is 0 Å². The molecule has 3 N–H and O–H groups in total. The molecule has 0 unspecified atom stereocenters. The predicted molar refractivity (Wildman–Crippen MR) is 66.3 cm³/mol. The van der Waals surface area contributed by atoms with Gasteiger partial charge in [-0.1, -0.05) is 19.3 Å². The van der Waals surface area contributed by atoms with Gasteiger partial charge < -0.3 is 10.6 Å². The van der Waals surface area contributed by atoms with E-state index in [2.05, 4.69) is 15.4 Å². The minimum atomic E-state index is -3.17. The highest BCUT2D eigenvalue weighted by atomic mass is 32.2. The third kappa shape index (κ3) is 7.17. The number of hydrogen-bond acceptors (Lipinski definition) is 3. The lowest BCUT2D eigenvalue weighted by atomic mass is 9.96. The Balaban J connectivity index is 2.08. The molecule has 1 fully saturated rings. The van der Waals surface area contributed by atoms with E-state index < -0.39 is 10.0 Å². The summed E-state index contributed by atoms with van der Waals surface area (Å²) >= 11 is 0. The van der Waals surface area contributed by atoms with Crippen molar-refractivity contribution in [3.63, 3.8) is 0 Å². The minimum Gasteiger partial charge on any atom is -0.337 e. The van der Waals surface area contributed by atoms with Gasteiger partial charge in [0.25, 0.3) is 0 Å². The van der Waals surface area contributed by atoms with Crippen LogP contribution < -0.4 is 15.4 Å². The molecule has 6 nitrogen and oxygen atoms in total. The SMILES string of the molecule is CS(=O)(=O)NCCNC(=O)NC1CCCCC1. The molecule has 0 heterocycles. The van der Waals surface area contributed by atoms with Crippen molar-refractivity contribution >= 4 is 16.1 Å². The molecule has 0 radical (unpaired) electrons. The summed E-state index contributed by atoms with van der Waals surface area (Å²) in [4.78, 5) is 11.4. The highest BCUT2D eigenvalue weighted by molar-refractivity contribution is 7.88. The van der Waals surface area contributed by atoms with Crippen LogP contribution in [0.4, 0.5) is 4.79 Å². The van der Waals surface area contributed by atoms with Crippen LogP contribution in [0.25, 0.3) is 0 Å². The van der Waals surface area contributed by atoms with Gasteiger partial charge in [0.2, 0.25) is 10.0 Å². The number of nitrogens with one attached hydrogen (secondary N) is 3. The van der Waals surface area contributed by atoms with Gasteiger partial charge in [0, 0.05) is 19.1 Å². The first-order valence-electron chi connectivity index (χ1n) is 5.96. The van der Waals surface area contributed by atoms with E-state index in [0.29, 0.717) is 6.54 Å². The van der Waals surface area contributed by atoms with Crippen LogP contribution in [0.5, 0.6) is 0 Å². The van der Waals surface area contributed by atoms with E-state index in [0.717, 1.165) is 19.1 Å². The van der Waals surface area contributed by atoms with Crippen molar-refractivity contribution in [1.82, 2.24) is 15.4 Å². The van der Waals surface area contributed by atoms with Crippen molar-refractivity contribution in [3.05, 3.63) is 0 Å². The second kappa shape index (κ2) is 6.80. The summed E-state index contributed by atoms with van der Waals surface area (Å²) in [6.45, 7) is 0.516. The second-order valence-corrected chi connectivity index (χ2v) is 6.23.